The normalized spacial score (nSPS) is 13.8. The van der Waals surface area contributed by atoms with Crippen LogP contribution in [0.25, 0.3) is 0 Å². The number of hydrogen-bond acceptors (Lipinski definition) is 2. The van der Waals surface area contributed by atoms with Gasteiger partial charge in [0.25, 0.3) is 0 Å². The lowest BCUT2D eigenvalue weighted by Gasteiger charge is -2.20. The quantitative estimate of drug-likeness (QED) is 0.611. The van der Waals surface area contributed by atoms with E-state index in [2.05, 4.69) is 0 Å². The monoisotopic (exact) mass is 274 g/mol. The minimum absolute atomic E-state index is 0.127. The molecule has 0 N–H and O–H groups in total. The molecule has 2 rings (SSSR count). The Bertz CT molecular complexity index is 525. The van der Waals surface area contributed by atoms with Gasteiger partial charge in [0.1, 0.15) is 11.5 Å². The molecule has 2 aromatic carbocycles. The van der Waals surface area contributed by atoms with Crippen LogP contribution in [0.3, 0.4) is 0 Å². The van der Waals surface area contributed by atoms with Gasteiger partial charge in [-0.25, -0.2) is 0 Å². The molecule has 2 atom stereocenters. The summed E-state index contributed by atoms with van der Waals surface area (Å²) < 4.78 is 5.39. The molecule has 2 aromatic rings. The Hall–Kier alpha value is -1.64. The molecule has 0 heterocycles. The Morgan fingerprint density at radius 2 is 1.53 bits per heavy atom. The zero-order valence-corrected chi connectivity index (χ0v) is 11.4. The van der Waals surface area contributed by atoms with Crippen molar-refractivity contribution in [2.75, 3.05) is 7.11 Å². The average Bonchev–Trinajstić information content (AvgIpc) is 2.49. The Kier molecular flexibility index (Phi) is 4.72. The first kappa shape index (κ1) is 13.8. The highest BCUT2D eigenvalue weighted by molar-refractivity contribution is 6.34. The van der Waals surface area contributed by atoms with Crippen LogP contribution in [-0.2, 0) is 4.74 Å². The van der Waals surface area contributed by atoms with E-state index in [0.29, 0.717) is 5.56 Å². The highest BCUT2D eigenvalue weighted by Gasteiger charge is 2.28. The fourth-order valence-corrected chi connectivity index (χ4v) is 2.34. The molecular formula is C16H15ClO2. The minimum Gasteiger partial charge on any atom is -0.375 e. The number of halogens is 1. The van der Waals surface area contributed by atoms with Crippen molar-refractivity contribution in [1.82, 2.24) is 0 Å². The minimum atomic E-state index is -0.741. The fraction of sp³-hybridized carbons (Fsp3) is 0.188. The standard InChI is InChI=1S/C16H15ClO2/c1-19-16(13-10-6-3-7-11-13)14(17)15(18)12-8-4-2-5-9-12/h2-11,14,16H,1H3/t14-,16+/m1/s1. The summed E-state index contributed by atoms with van der Waals surface area (Å²) in [5, 5.41) is -0.741. The van der Waals surface area contributed by atoms with Gasteiger partial charge in [-0.2, -0.15) is 0 Å². The largest absolute Gasteiger partial charge is 0.375 e. The maximum atomic E-state index is 12.3. The molecule has 0 saturated carbocycles. The van der Waals surface area contributed by atoms with Gasteiger partial charge >= 0.3 is 0 Å². The van der Waals surface area contributed by atoms with Crippen LogP contribution in [-0.4, -0.2) is 18.3 Å². The van der Waals surface area contributed by atoms with E-state index in [-0.39, 0.29) is 5.78 Å². The molecule has 0 unspecified atom stereocenters. The maximum absolute atomic E-state index is 12.3. The van der Waals surface area contributed by atoms with E-state index in [0.717, 1.165) is 5.56 Å². The highest BCUT2D eigenvalue weighted by Crippen LogP contribution is 2.27. The second-order valence-corrected chi connectivity index (χ2v) is 4.67. The van der Waals surface area contributed by atoms with Crippen molar-refractivity contribution in [1.29, 1.82) is 0 Å². The van der Waals surface area contributed by atoms with Crippen LogP contribution in [0.5, 0.6) is 0 Å². The van der Waals surface area contributed by atoms with E-state index in [1.807, 2.05) is 48.5 Å². The van der Waals surface area contributed by atoms with Gasteiger partial charge in [0.05, 0.1) is 0 Å². The lowest BCUT2D eigenvalue weighted by atomic mass is 9.99. The number of ketones is 1. The van der Waals surface area contributed by atoms with Crippen molar-refractivity contribution in [2.24, 2.45) is 0 Å². The summed E-state index contributed by atoms with van der Waals surface area (Å²) in [6.07, 6.45) is -0.449. The van der Waals surface area contributed by atoms with Crippen molar-refractivity contribution in [3.8, 4) is 0 Å². The molecule has 0 saturated heterocycles. The molecule has 98 valence electrons. The molecule has 0 aromatic heterocycles. The third-order valence-corrected chi connectivity index (χ3v) is 3.38. The Balaban J connectivity index is 2.22. The lowest BCUT2D eigenvalue weighted by molar-refractivity contribution is 0.0750. The first-order chi connectivity index (χ1) is 9.24. The van der Waals surface area contributed by atoms with E-state index in [1.165, 1.54) is 0 Å². The molecule has 0 bridgehead atoms. The number of ether oxygens (including phenoxy) is 1. The third-order valence-electron chi connectivity index (χ3n) is 2.96. The molecule has 3 heteroatoms. The van der Waals surface area contributed by atoms with E-state index in [1.54, 1.807) is 19.2 Å². The van der Waals surface area contributed by atoms with E-state index in [9.17, 15) is 4.79 Å². The number of rotatable bonds is 5. The van der Waals surface area contributed by atoms with Crippen molar-refractivity contribution < 1.29 is 9.53 Å². The fourth-order valence-electron chi connectivity index (χ4n) is 1.97. The molecule has 0 fully saturated rings. The lowest BCUT2D eigenvalue weighted by Crippen LogP contribution is -2.24. The highest BCUT2D eigenvalue weighted by atomic mass is 35.5. The summed E-state index contributed by atoms with van der Waals surface area (Å²) in [7, 11) is 1.56. The van der Waals surface area contributed by atoms with E-state index in [4.69, 9.17) is 16.3 Å². The number of carbonyl (C=O) groups is 1. The maximum Gasteiger partial charge on any atom is 0.183 e. The molecular weight excluding hydrogens is 260 g/mol. The van der Waals surface area contributed by atoms with Gasteiger partial charge in [-0.3, -0.25) is 4.79 Å². The van der Waals surface area contributed by atoms with Gasteiger partial charge in [0, 0.05) is 12.7 Å². The smallest absolute Gasteiger partial charge is 0.183 e. The van der Waals surface area contributed by atoms with Gasteiger partial charge < -0.3 is 4.74 Å². The first-order valence-electron chi connectivity index (χ1n) is 6.05. The molecule has 0 aliphatic rings. The summed E-state index contributed by atoms with van der Waals surface area (Å²) in [5.74, 6) is -0.127. The van der Waals surface area contributed by atoms with Crippen LogP contribution in [0.1, 0.15) is 22.0 Å². The van der Waals surface area contributed by atoms with Crippen LogP contribution in [0.4, 0.5) is 0 Å². The van der Waals surface area contributed by atoms with Gasteiger partial charge in [0.15, 0.2) is 5.78 Å². The van der Waals surface area contributed by atoms with Crippen LogP contribution in [0.15, 0.2) is 60.7 Å². The van der Waals surface area contributed by atoms with Crippen LogP contribution < -0.4 is 0 Å². The van der Waals surface area contributed by atoms with Crippen molar-refractivity contribution in [2.45, 2.75) is 11.5 Å². The number of Topliss-reactive ketones (excluding diaryl/α,β-unsaturated/α-hetero) is 1. The summed E-state index contributed by atoms with van der Waals surface area (Å²) in [6, 6.07) is 18.6. The Morgan fingerprint density at radius 3 is 2.05 bits per heavy atom. The van der Waals surface area contributed by atoms with Crippen molar-refractivity contribution in [3.05, 3.63) is 71.8 Å². The van der Waals surface area contributed by atoms with Crippen LogP contribution in [0, 0.1) is 0 Å². The van der Waals surface area contributed by atoms with Crippen LogP contribution in [0.2, 0.25) is 0 Å². The molecule has 0 aliphatic heterocycles. The number of methoxy groups -OCH3 is 1. The second-order valence-electron chi connectivity index (χ2n) is 4.20. The molecule has 0 aliphatic carbocycles. The first-order valence-corrected chi connectivity index (χ1v) is 6.48. The summed E-state index contributed by atoms with van der Waals surface area (Å²) in [6.45, 7) is 0. The van der Waals surface area contributed by atoms with Crippen molar-refractivity contribution in [3.63, 3.8) is 0 Å². The summed E-state index contributed by atoms with van der Waals surface area (Å²) in [5.41, 5.74) is 1.50. The predicted molar refractivity (Wildman–Crippen MR) is 76.6 cm³/mol. The molecule has 0 radical (unpaired) electrons. The predicted octanol–water partition coefficient (Wildman–Crippen LogP) is 3.86. The number of alkyl halides is 1. The SMILES string of the molecule is CO[C@@H](c1ccccc1)[C@H](Cl)C(=O)c1ccccc1. The van der Waals surface area contributed by atoms with Crippen molar-refractivity contribution >= 4 is 17.4 Å². The number of carbonyl (C=O) groups excluding carboxylic acids is 1. The third kappa shape index (κ3) is 3.22. The molecule has 2 nitrogen and oxygen atoms in total. The molecule has 19 heavy (non-hydrogen) atoms. The zero-order chi connectivity index (χ0) is 13.7. The molecule has 0 spiro atoms. The number of benzene rings is 2. The van der Waals surface area contributed by atoms with E-state index < -0.39 is 11.5 Å². The summed E-state index contributed by atoms with van der Waals surface area (Å²) >= 11 is 6.29. The summed E-state index contributed by atoms with van der Waals surface area (Å²) in [4.78, 5) is 12.3. The van der Waals surface area contributed by atoms with Gasteiger partial charge in [-0.05, 0) is 5.56 Å². The van der Waals surface area contributed by atoms with Gasteiger partial charge in [-0.15, -0.1) is 11.6 Å². The van der Waals surface area contributed by atoms with Crippen LogP contribution >= 0.6 is 11.6 Å². The number of hydrogen-bond donors (Lipinski definition) is 0. The Morgan fingerprint density at radius 1 is 1.00 bits per heavy atom. The van der Waals surface area contributed by atoms with Gasteiger partial charge in [-0.1, -0.05) is 60.7 Å². The van der Waals surface area contributed by atoms with E-state index >= 15 is 0 Å². The average molecular weight is 275 g/mol. The zero-order valence-electron chi connectivity index (χ0n) is 10.6. The topological polar surface area (TPSA) is 26.3 Å². The van der Waals surface area contributed by atoms with Gasteiger partial charge in [0.2, 0.25) is 0 Å². The second kappa shape index (κ2) is 6.50. The Labute approximate surface area is 118 Å². The molecule has 0 amide bonds.